The second kappa shape index (κ2) is 11.9. The van der Waals surface area contributed by atoms with Gasteiger partial charge in [-0.05, 0) is 62.1 Å². The van der Waals surface area contributed by atoms with Gasteiger partial charge in [0.15, 0.2) is 23.3 Å². The summed E-state index contributed by atoms with van der Waals surface area (Å²) in [5.74, 6) is 0.0215. The van der Waals surface area contributed by atoms with Crippen molar-refractivity contribution >= 4 is 57.7 Å². The van der Waals surface area contributed by atoms with Crippen molar-refractivity contribution in [2.75, 3.05) is 25.1 Å². The fourth-order valence-corrected chi connectivity index (χ4v) is 5.26. The van der Waals surface area contributed by atoms with Crippen molar-refractivity contribution in [3.8, 4) is 11.5 Å². The van der Waals surface area contributed by atoms with Crippen molar-refractivity contribution in [1.29, 1.82) is 0 Å². The van der Waals surface area contributed by atoms with E-state index in [1.165, 1.54) is 11.8 Å². The molecule has 1 amide bonds. The lowest BCUT2D eigenvalue weighted by molar-refractivity contribution is -0.139. The molecule has 2 aromatic rings. The van der Waals surface area contributed by atoms with Gasteiger partial charge in [0.25, 0.3) is 5.91 Å². The number of carbonyl (C=O) groups excluding carboxylic acids is 2. The van der Waals surface area contributed by atoms with Gasteiger partial charge in [-0.2, -0.15) is 0 Å². The number of ether oxygens (including phenoxy) is 3. The number of carbonyl (C=O) groups is 2. The maximum atomic E-state index is 12.9. The molecule has 0 radical (unpaired) electrons. The molecule has 0 spiro atoms. The highest BCUT2D eigenvalue weighted by Gasteiger charge is 2.37. The number of nitrogens with one attached hydrogen (secondary N) is 1. The minimum absolute atomic E-state index is 0.254. The molecule has 0 saturated heterocycles. The third-order valence-corrected chi connectivity index (χ3v) is 6.61. The molecule has 0 bridgehead atoms. The molecule has 194 valence electrons. The highest BCUT2D eigenvalue weighted by atomic mass is 35.5. The van der Waals surface area contributed by atoms with Crippen molar-refractivity contribution in [3.63, 3.8) is 0 Å². The average Bonchev–Trinajstić information content (AvgIpc) is 3.30. The molecule has 4 rings (SSSR count). The lowest BCUT2D eigenvalue weighted by atomic mass is 9.94. The van der Waals surface area contributed by atoms with Gasteiger partial charge in [-0.25, -0.2) is 9.79 Å². The molecule has 1 N–H and O–H groups in total. The number of hydrogen-bond acceptors (Lipinski definition) is 8. The first kappa shape index (κ1) is 26.9. The van der Waals surface area contributed by atoms with E-state index in [9.17, 15) is 9.59 Å². The Hall–Kier alpha value is -3.14. The van der Waals surface area contributed by atoms with Crippen molar-refractivity contribution in [2.24, 2.45) is 4.99 Å². The SMILES string of the molecule is CCOC(=O)C1=C(C)N=C2SC=CN2[C@@H]1c1ccc(OCC(=O)Nc2cc(Cl)cc(Cl)c2)c(OCC)c1. The fraction of sp³-hybridized carbons (Fsp3) is 0.269. The molecular weight excluding hydrogens is 537 g/mol. The van der Waals surface area contributed by atoms with Gasteiger partial charge in [-0.1, -0.05) is 41.0 Å². The molecule has 37 heavy (non-hydrogen) atoms. The number of rotatable bonds is 9. The van der Waals surface area contributed by atoms with E-state index in [2.05, 4.69) is 10.3 Å². The normalized spacial score (nSPS) is 16.3. The third kappa shape index (κ3) is 6.23. The molecule has 2 heterocycles. The molecule has 1 atom stereocenters. The summed E-state index contributed by atoms with van der Waals surface area (Å²) in [6, 6.07) is 9.67. The quantitative estimate of drug-likeness (QED) is 0.365. The van der Waals surface area contributed by atoms with E-state index in [0.29, 0.717) is 45.1 Å². The largest absolute Gasteiger partial charge is 0.490 e. The van der Waals surface area contributed by atoms with Crippen LogP contribution in [0.15, 0.2) is 64.3 Å². The molecular formula is C26H25Cl2N3O5S. The summed E-state index contributed by atoms with van der Waals surface area (Å²) in [6.45, 7) is 5.79. The van der Waals surface area contributed by atoms with Gasteiger partial charge in [0.2, 0.25) is 0 Å². The average molecular weight is 562 g/mol. The van der Waals surface area contributed by atoms with Crippen molar-refractivity contribution in [3.05, 3.63) is 74.9 Å². The van der Waals surface area contributed by atoms with Crippen molar-refractivity contribution < 1.29 is 23.8 Å². The van der Waals surface area contributed by atoms with E-state index in [1.54, 1.807) is 38.1 Å². The van der Waals surface area contributed by atoms with E-state index in [0.717, 1.165) is 10.7 Å². The first-order valence-electron chi connectivity index (χ1n) is 11.5. The lowest BCUT2D eigenvalue weighted by Crippen LogP contribution is -2.34. The zero-order valence-corrected chi connectivity index (χ0v) is 22.7. The van der Waals surface area contributed by atoms with Crippen LogP contribution < -0.4 is 14.8 Å². The van der Waals surface area contributed by atoms with E-state index in [4.69, 9.17) is 37.4 Å². The minimum atomic E-state index is -0.457. The second-order valence-corrected chi connectivity index (χ2v) is 9.71. The minimum Gasteiger partial charge on any atom is -0.490 e. The molecule has 2 aliphatic rings. The maximum Gasteiger partial charge on any atom is 0.338 e. The van der Waals surface area contributed by atoms with Gasteiger partial charge in [0, 0.05) is 21.9 Å². The lowest BCUT2D eigenvalue weighted by Gasteiger charge is -2.33. The summed E-state index contributed by atoms with van der Waals surface area (Å²) < 4.78 is 17.0. The van der Waals surface area contributed by atoms with Crippen LogP contribution in [0.25, 0.3) is 0 Å². The highest BCUT2D eigenvalue weighted by molar-refractivity contribution is 8.16. The Morgan fingerprint density at radius 1 is 1.05 bits per heavy atom. The first-order valence-corrected chi connectivity index (χ1v) is 13.2. The van der Waals surface area contributed by atoms with Crippen molar-refractivity contribution in [1.82, 2.24) is 4.90 Å². The van der Waals surface area contributed by atoms with Crippen LogP contribution in [0, 0.1) is 0 Å². The van der Waals surface area contributed by atoms with E-state index in [1.807, 2.05) is 35.6 Å². The van der Waals surface area contributed by atoms with E-state index < -0.39 is 12.0 Å². The Morgan fingerprint density at radius 3 is 2.51 bits per heavy atom. The molecule has 8 nitrogen and oxygen atoms in total. The van der Waals surface area contributed by atoms with E-state index in [-0.39, 0.29) is 19.1 Å². The second-order valence-electron chi connectivity index (χ2n) is 7.96. The molecule has 2 aliphatic heterocycles. The van der Waals surface area contributed by atoms with Crippen LogP contribution in [0.3, 0.4) is 0 Å². The molecule has 0 aromatic heterocycles. The number of nitrogens with zero attached hydrogens (tertiary/aromatic N) is 2. The predicted octanol–water partition coefficient (Wildman–Crippen LogP) is 6.18. The summed E-state index contributed by atoms with van der Waals surface area (Å²) >= 11 is 13.5. The van der Waals surface area contributed by atoms with Crippen LogP contribution in [0.4, 0.5) is 5.69 Å². The van der Waals surface area contributed by atoms with Gasteiger partial charge in [0.1, 0.15) is 0 Å². The molecule has 0 unspecified atom stereocenters. The monoisotopic (exact) mass is 561 g/mol. The summed E-state index contributed by atoms with van der Waals surface area (Å²) in [5.41, 5.74) is 2.30. The zero-order valence-electron chi connectivity index (χ0n) is 20.4. The van der Waals surface area contributed by atoms with Crippen LogP contribution in [0.5, 0.6) is 11.5 Å². The smallest absolute Gasteiger partial charge is 0.338 e. The van der Waals surface area contributed by atoms with Crippen LogP contribution in [0.1, 0.15) is 32.4 Å². The van der Waals surface area contributed by atoms with Gasteiger partial charge in [-0.3, -0.25) is 4.79 Å². The Bertz CT molecular complexity index is 1290. The number of esters is 1. The van der Waals surface area contributed by atoms with Gasteiger partial charge < -0.3 is 24.4 Å². The number of amidine groups is 1. The van der Waals surface area contributed by atoms with Crippen LogP contribution in [-0.4, -0.2) is 41.8 Å². The Labute approximate surface area is 229 Å². The molecule has 11 heteroatoms. The number of aliphatic imine (C=N–C) groups is 1. The summed E-state index contributed by atoms with van der Waals surface area (Å²) in [5, 5.41) is 6.21. The van der Waals surface area contributed by atoms with Gasteiger partial charge in [-0.15, -0.1) is 0 Å². The van der Waals surface area contributed by atoms with Crippen LogP contribution >= 0.6 is 35.0 Å². The van der Waals surface area contributed by atoms with Gasteiger partial charge in [0.05, 0.1) is 30.5 Å². The van der Waals surface area contributed by atoms with E-state index >= 15 is 0 Å². The Morgan fingerprint density at radius 2 is 1.81 bits per heavy atom. The molecule has 2 aromatic carbocycles. The summed E-state index contributed by atoms with van der Waals surface area (Å²) in [4.78, 5) is 31.9. The zero-order chi connectivity index (χ0) is 26.5. The number of hydrogen-bond donors (Lipinski definition) is 1. The number of allylic oxidation sites excluding steroid dienone is 1. The molecule has 0 fully saturated rings. The number of halogens is 2. The maximum absolute atomic E-state index is 12.9. The number of anilines is 1. The van der Waals surface area contributed by atoms with Crippen LogP contribution in [-0.2, 0) is 14.3 Å². The Balaban J connectivity index is 1.57. The number of thioether (sulfide) groups is 1. The number of benzene rings is 2. The van der Waals surface area contributed by atoms with Gasteiger partial charge >= 0.3 is 5.97 Å². The first-order chi connectivity index (χ1) is 17.8. The standard InChI is InChI=1S/C26H25Cl2N3O5S/c1-4-34-21-10-16(24-23(25(33)35-5-2)15(3)29-26-31(24)8-9-37-26)6-7-20(21)36-14-22(32)30-19-12-17(27)11-18(28)13-19/h6-13,24H,4-5,14H2,1-3H3,(H,30,32)/t24-/m1/s1. The Kier molecular flexibility index (Phi) is 8.68. The summed E-state index contributed by atoms with van der Waals surface area (Å²) in [6.07, 6.45) is 1.89. The number of fused-ring (bicyclic) bond motifs is 1. The van der Waals surface area contributed by atoms with Crippen molar-refractivity contribution in [2.45, 2.75) is 26.8 Å². The third-order valence-electron chi connectivity index (χ3n) is 5.40. The predicted molar refractivity (Wildman–Crippen MR) is 146 cm³/mol. The highest BCUT2D eigenvalue weighted by Crippen LogP contribution is 2.43. The summed E-state index contributed by atoms with van der Waals surface area (Å²) in [7, 11) is 0. The van der Waals surface area contributed by atoms with Crippen LogP contribution in [0.2, 0.25) is 10.0 Å². The fourth-order valence-electron chi connectivity index (χ4n) is 3.95. The molecule has 0 saturated carbocycles. The topological polar surface area (TPSA) is 89.5 Å². The molecule has 0 aliphatic carbocycles. The number of amides is 1.